The van der Waals surface area contributed by atoms with Crippen LogP contribution >= 0.6 is 0 Å². The number of hydrogen-bond acceptors (Lipinski definition) is 4. The fraction of sp³-hybridized carbons (Fsp3) is 0.462. The summed E-state index contributed by atoms with van der Waals surface area (Å²) in [5, 5.41) is 0. The van der Waals surface area contributed by atoms with Gasteiger partial charge in [-0.1, -0.05) is 12.8 Å². The maximum Gasteiger partial charge on any atom is 0.220 e. The third kappa shape index (κ3) is 1.33. The molecule has 1 heterocycles. The minimum Gasteiger partial charge on any atom is -0.368 e. The molecule has 17 heavy (non-hydrogen) atoms. The number of carbonyl (C=O) groups is 1. The van der Waals surface area contributed by atoms with E-state index in [1.807, 2.05) is 6.92 Å². The Kier molecular flexibility index (Phi) is 2.08. The van der Waals surface area contributed by atoms with Crippen molar-refractivity contribution in [2.24, 2.45) is 0 Å². The van der Waals surface area contributed by atoms with Crippen molar-refractivity contribution in [2.75, 3.05) is 5.73 Å². The summed E-state index contributed by atoms with van der Waals surface area (Å²) in [6.07, 6.45) is 7.44. The summed E-state index contributed by atoms with van der Waals surface area (Å²) in [6.45, 7) is 1.93. The molecule has 1 aromatic heterocycles. The average Bonchev–Trinajstić information content (AvgIpc) is 2.77. The quantitative estimate of drug-likeness (QED) is 0.737. The van der Waals surface area contributed by atoms with Gasteiger partial charge < -0.3 is 5.73 Å². The number of nitrogens with zero attached hydrogens (tertiary/aromatic N) is 2. The Labute approximate surface area is 100.0 Å². The van der Waals surface area contributed by atoms with Crippen molar-refractivity contribution in [1.29, 1.82) is 0 Å². The second kappa shape index (κ2) is 3.39. The monoisotopic (exact) mass is 229 g/mol. The van der Waals surface area contributed by atoms with Gasteiger partial charge in [0, 0.05) is 11.8 Å². The Morgan fingerprint density at radius 3 is 2.76 bits per heavy atom. The van der Waals surface area contributed by atoms with Crippen molar-refractivity contribution in [3.63, 3.8) is 0 Å². The normalized spacial score (nSPS) is 21.5. The van der Waals surface area contributed by atoms with Gasteiger partial charge in [0.15, 0.2) is 5.78 Å². The summed E-state index contributed by atoms with van der Waals surface area (Å²) in [4.78, 5) is 20.7. The number of rotatable bonds is 0. The number of fused-ring (bicyclic) bond motifs is 2. The van der Waals surface area contributed by atoms with E-state index in [1.165, 1.54) is 0 Å². The predicted octanol–water partition coefficient (Wildman–Crippen LogP) is 1.86. The highest BCUT2D eigenvalue weighted by Gasteiger charge is 2.46. The molecular weight excluding hydrogens is 214 g/mol. The topological polar surface area (TPSA) is 68.9 Å². The Bertz CT molecular complexity index is 527. The molecule has 4 heteroatoms. The number of nitrogens with two attached hydrogens (primary N) is 1. The van der Waals surface area contributed by atoms with E-state index in [4.69, 9.17) is 5.73 Å². The molecule has 1 spiro atoms. The first-order chi connectivity index (χ1) is 8.13. The molecule has 0 atom stereocenters. The Morgan fingerprint density at radius 1 is 1.35 bits per heavy atom. The van der Waals surface area contributed by atoms with Crippen LogP contribution < -0.4 is 5.73 Å². The van der Waals surface area contributed by atoms with Gasteiger partial charge in [0.05, 0.1) is 11.1 Å². The van der Waals surface area contributed by atoms with Gasteiger partial charge in [-0.3, -0.25) is 4.79 Å². The van der Waals surface area contributed by atoms with Crippen LogP contribution in [0, 0.1) is 0 Å². The molecule has 2 N–H and O–H groups in total. The largest absolute Gasteiger partial charge is 0.368 e. The summed E-state index contributed by atoms with van der Waals surface area (Å²) in [5.41, 5.74) is 8.05. The molecule has 0 radical (unpaired) electrons. The van der Waals surface area contributed by atoms with E-state index in [0.717, 1.165) is 42.5 Å². The van der Waals surface area contributed by atoms with E-state index in [2.05, 4.69) is 9.97 Å². The number of anilines is 1. The lowest BCUT2D eigenvalue weighted by Crippen LogP contribution is -2.36. The smallest absolute Gasteiger partial charge is 0.220 e. The molecule has 0 aliphatic heterocycles. The van der Waals surface area contributed by atoms with Crippen LogP contribution in [0.3, 0.4) is 0 Å². The van der Waals surface area contributed by atoms with Gasteiger partial charge in [0.2, 0.25) is 5.95 Å². The second-order valence-electron chi connectivity index (χ2n) is 4.97. The zero-order valence-corrected chi connectivity index (χ0v) is 9.86. The lowest BCUT2D eigenvalue weighted by molar-refractivity contribution is -0.119. The zero-order valence-electron chi connectivity index (χ0n) is 9.86. The molecule has 2 aliphatic rings. The summed E-state index contributed by atoms with van der Waals surface area (Å²) in [6, 6.07) is 0. The molecule has 0 bridgehead atoms. The van der Waals surface area contributed by atoms with E-state index in [1.54, 1.807) is 12.3 Å². The summed E-state index contributed by atoms with van der Waals surface area (Å²) in [7, 11) is 0. The lowest BCUT2D eigenvalue weighted by atomic mass is 9.72. The summed E-state index contributed by atoms with van der Waals surface area (Å²) < 4.78 is 0. The highest BCUT2D eigenvalue weighted by molar-refractivity contribution is 6.07. The SMILES string of the molecule is CC1=CC(=O)C2(CCCC2)c2nc(N)ncc21. The molecule has 3 rings (SSSR count). The van der Waals surface area contributed by atoms with E-state index < -0.39 is 5.41 Å². The average molecular weight is 229 g/mol. The maximum atomic E-state index is 12.3. The maximum absolute atomic E-state index is 12.3. The van der Waals surface area contributed by atoms with Crippen LogP contribution in [0.5, 0.6) is 0 Å². The van der Waals surface area contributed by atoms with E-state index in [-0.39, 0.29) is 11.7 Å². The third-order valence-corrected chi connectivity index (χ3v) is 3.96. The van der Waals surface area contributed by atoms with Gasteiger partial charge in [-0.25, -0.2) is 9.97 Å². The first-order valence-corrected chi connectivity index (χ1v) is 5.99. The standard InChI is InChI=1S/C13H15N3O/c1-8-6-10(17)13(4-2-3-5-13)11-9(8)7-15-12(14)16-11/h6-7H,2-5H2,1H3,(H2,14,15,16). The number of carbonyl (C=O) groups excluding carboxylic acids is 1. The molecule has 0 unspecified atom stereocenters. The molecule has 1 saturated carbocycles. The molecule has 1 fully saturated rings. The van der Waals surface area contributed by atoms with Crippen LogP contribution in [-0.4, -0.2) is 15.8 Å². The van der Waals surface area contributed by atoms with Gasteiger partial charge in [0.25, 0.3) is 0 Å². The van der Waals surface area contributed by atoms with Crippen LogP contribution in [0.15, 0.2) is 12.3 Å². The van der Waals surface area contributed by atoms with Crippen LogP contribution in [0.25, 0.3) is 5.57 Å². The third-order valence-electron chi connectivity index (χ3n) is 3.96. The predicted molar refractivity (Wildman–Crippen MR) is 65.2 cm³/mol. The van der Waals surface area contributed by atoms with Crippen molar-refractivity contribution >= 4 is 17.3 Å². The molecule has 88 valence electrons. The second-order valence-corrected chi connectivity index (χ2v) is 4.97. The minimum atomic E-state index is -0.411. The first-order valence-electron chi connectivity index (χ1n) is 5.99. The fourth-order valence-corrected chi connectivity index (χ4v) is 3.04. The number of nitrogen functional groups attached to an aromatic ring is 1. The van der Waals surface area contributed by atoms with Gasteiger partial charge in [-0.05, 0) is 31.4 Å². The molecule has 0 amide bonds. The van der Waals surface area contributed by atoms with Crippen LogP contribution in [0.4, 0.5) is 5.95 Å². The Hall–Kier alpha value is -1.71. The molecular formula is C13H15N3O. The van der Waals surface area contributed by atoms with Crippen molar-refractivity contribution in [3.8, 4) is 0 Å². The number of hydrogen-bond donors (Lipinski definition) is 1. The number of aromatic nitrogens is 2. The van der Waals surface area contributed by atoms with E-state index in [0.29, 0.717) is 0 Å². The Balaban J connectivity index is 2.27. The van der Waals surface area contributed by atoms with Gasteiger partial charge in [-0.15, -0.1) is 0 Å². The van der Waals surface area contributed by atoms with Crippen LogP contribution in [0.1, 0.15) is 43.9 Å². The van der Waals surface area contributed by atoms with Gasteiger partial charge in [0.1, 0.15) is 0 Å². The van der Waals surface area contributed by atoms with Crippen LogP contribution in [0.2, 0.25) is 0 Å². The van der Waals surface area contributed by atoms with Gasteiger partial charge >= 0.3 is 0 Å². The highest BCUT2D eigenvalue weighted by Crippen LogP contribution is 2.46. The van der Waals surface area contributed by atoms with Crippen molar-refractivity contribution < 1.29 is 4.79 Å². The molecule has 0 aromatic carbocycles. The van der Waals surface area contributed by atoms with Crippen molar-refractivity contribution in [3.05, 3.63) is 23.5 Å². The fourth-order valence-electron chi connectivity index (χ4n) is 3.04. The van der Waals surface area contributed by atoms with E-state index in [9.17, 15) is 4.79 Å². The number of ketones is 1. The first kappa shape index (κ1) is 10.4. The molecule has 0 saturated heterocycles. The minimum absolute atomic E-state index is 0.193. The van der Waals surface area contributed by atoms with Crippen molar-refractivity contribution in [2.45, 2.75) is 38.0 Å². The van der Waals surface area contributed by atoms with Crippen molar-refractivity contribution in [1.82, 2.24) is 9.97 Å². The molecule has 4 nitrogen and oxygen atoms in total. The molecule has 2 aliphatic carbocycles. The summed E-state index contributed by atoms with van der Waals surface area (Å²) >= 11 is 0. The van der Waals surface area contributed by atoms with Crippen LogP contribution in [-0.2, 0) is 10.2 Å². The summed E-state index contributed by atoms with van der Waals surface area (Å²) in [5.74, 6) is 0.454. The highest BCUT2D eigenvalue weighted by atomic mass is 16.1. The zero-order chi connectivity index (χ0) is 12.0. The molecule has 1 aromatic rings. The van der Waals surface area contributed by atoms with Gasteiger partial charge in [-0.2, -0.15) is 0 Å². The Morgan fingerprint density at radius 2 is 2.06 bits per heavy atom. The lowest BCUT2D eigenvalue weighted by Gasteiger charge is -2.31. The van der Waals surface area contributed by atoms with E-state index >= 15 is 0 Å². The number of allylic oxidation sites excluding steroid dienone is 2.